The lowest BCUT2D eigenvalue weighted by Gasteiger charge is -2.07. The molecule has 0 aliphatic rings. The maximum atomic E-state index is 12.0. The summed E-state index contributed by atoms with van der Waals surface area (Å²) in [6, 6.07) is 10.6. The largest absolute Gasteiger partial charge is 0.494 e. The molecule has 140 valence electrons. The first-order valence-electron chi connectivity index (χ1n) is 8.65. The zero-order valence-electron chi connectivity index (χ0n) is 14.9. The highest BCUT2D eigenvalue weighted by molar-refractivity contribution is 6.30. The standard InChI is InChI=1S/C20H20ClN3O3/c1-14(25)15-4-7-18(8-5-15)27-10-2-3-20(26)22-11-17-13-24-12-16(21)6-9-19(24)23-17/h4-9,12-13H,2-3,10-11H2,1H3,(H,22,26). The minimum absolute atomic E-state index is 0.0203. The summed E-state index contributed by atoms with van der Waals surface area (Å²) in [6.45, 7) is 2.32. The molecule has 2 heterocycles. The van der Waals surface area contributed by atoms with Gasteiger partial charge in [0.15, 0.2) is 5.78 Å². The first-order chi connectivity index (χ1) is 13.0. The molecule has 0 saturated heterocycles. The molecule has 0 saturated carbocycles. The van der Waals surface area contributed by atoms with E-state index in [0.29, 0.717) is 42.3 Å². The van der Waals surface area contributed by atoms with Crippen molar-refractivity contribution < 1.29 is 14.3 Å². The zero-order valence-corrected chi connectivity index (χ0v) is 15.7. The molecule has 0 fully saturated rings. The summed E-state index contributed by atoms with van der Waals surface area (Å²) >= 11 is 5.95. The fraction of sp³-hybridized carbons (Fsp3) is 0.250. The average Bonchev–Trinajstić information content (AvgIpc) is 3.06. The van der Waals surface area contributed by atoms with E-state index in [4.69, 9.17) is 16.3 Å². The third-order valence-corrected chi connectivity index (χ3v) is 4.23. The topological polar surface area (TPSA) is 72.7 Å². The van der Waals surface area contributed by atoms with Gasteiger partial charge < -0.3 is 14.5 Å². The lowest BCUT2D eigenvalue weighted by Crippen LogP contribution is -2.23. The summed E-state index contributed by atoms with van der Waals surface area (Å²) in [7, 11) is 0. The molecular formula is C20H20ClN3O3. The number of nitrogens with zero attached hydrogens (tertiary/aromatic N) is 2. The number of carbonyl (C=O) groups is 2. The predicted molar refractivity (Wildman–Crippen MR) is 103 cm³/mol. The number of rotatable bonds is 8. The van der Waals surface area contributed by atoms with Crippen molar-refractivity contribution in [2.24, 2.45) is 0 Å². The molecule has 1 amide bonds. The maximum absolute atomic E-state index is 12.0. The van der Waals surface area contributed by atoms with E-state index in [9.17, 15) is 9.59 Å². The Morgan fingerprint density at radius 2 is 1.93 bits per heavy atom. The Kier molecular flexibility index (Phi) is 6.08. The van der Waals surface area contributed by atoms with Crippen LogP contribution in [0, 0.1) is 0 Å². The van der Waals surface area contributed by atoms with Crippen LogP contribution in [-0.2, 0) is 11.3 Å². The van der Waals surface area contributed by atoms with E-state index in [2.05, 4.69) is 10.3 Å². The maximum Gasteiger partial charge on any atom is 0.220 e. The highest BCUT2D eigenvalue weighted by atomic mass is 35.5. The molecule has 1 N–H and O–H groups in total. The number of amides is 1. The monoisotopic (exact) mass is 385 g/mol. The summed E-state index contributed by atoms with van der Waals surface area (Å²) in [6.07, 6.45) is 4.58. The number of pyridine rings is 1. The fourth-order valence-electron chi connectivity index (χ4n) is 2.59. The Morgan fingerprint density at radius 1 is 1.15 bits per heavy atom. The minimum Gasteiger partial charge on any atom is -0.494 e. The van der Waals surface area contributed by atoms with Crippen LogP contribution in [0.4, 0.5) is 0 Å². The lowest BCUT2D eigenvalue weighted by molar-refractivity contribution is -0.121. The second kappa shape index (κ2) is 8.68. The van der Waals surface area contributed by atoms with Crippen molar-refractivity contribution in [3.05, 3.63) is 65.1 Å². The molecule has 27 heavy (non-hydrogen) atoms. The number of halogens is 1. The van der Waals surface area contributed by atoms with Crippen LogP contribution in [-0.4, -0.2) is 27.7 Å². The number of ether oxygens (including phenoxy) is 1. The molecule has 0 atom stereocenters. The number of nitrogens with one attached hydrogen (secondary N) is 1. The SMILES string of the molecule is CC(=O)c1ccc(OCCCC(=O)NCc2cn3cc(Cl)ccc3n2)cc1. The Labute approximate surface area is 162 Å². The van der Waals surface area contributed by atoms with Crippen LogP contribution in [0.15, 0.2) is 48.8 Å². The second-order valence-corrected chi connectivity index (χ2v) is 6.59. The summed E-state index contributed by atoms with van der Waals surface area (Å²) < 4.78 is 7.41. The highest BCUT2D eigenvalue weighted by Crippen LogP contribution is 2.13. The van der Waals surface area contributed by atoms with Crippen molar-refractivity contribution in [3.63, 3.8) is 0 Å². The van der Waals surface area contributed by atoms with Gasteiger partial charge in [-0.05, 0) is 49.7 Å². The van der Waals surface area contributed by atoms with Gasteiger partial charge >= 0.3 is 0 Å². The Hall–Kier alpha value is -2.86. The van der Waals surface area contributed by atoms with E-state index in [-0.39, 0.29) is 11.7 Å². The van der Waals surface area contributed by atoms with E-state index in [1.807, 2.05) is 16.7 Å². The summed E-state index contributed by atoms with van der Waals surface area (Å²) in [5.74, 6) is 0.649. The highest BCUT2D eigenvalue weighted by Gasteiger charge is 2.06. The molecule has 0 spiro atoms. The van der Waals surface area contributed by atoms with Crippen molar-refractivity contribution in [2.75, 3.05) is 6.61 Å². The number of Topliss-reactive ketones (excluding diaryl/α,β-unsaturated/α-hetero) is 1. The number of hydrogen-bond donors (Lipinski definition) is 1. The average molecular weight is 386 g/mol. The molecule has 0 radical (unpaired) electrons. The first kappa shape index (κ1) is 18.9. The van der Waals surface area contributed by atoms with Gasteiger partial charge in [0.05, 0.1) is 23.9 Å². The van der Waals surface area contributed by atoms with Crippen molar-refractivity contribution in [1.29, 1.82) is 0 Å². The molecule has 3 aromatic rings. The summed E-state index contributed by atoms with van der Waals surface area (Å²) in [5.41, 5.74) is 2.20. The van der Waals surface area contributed by atoms with E-state index in [1.165, 1.54) is 6.92 Å². The van der Waals surface area contributed by atoms with Crippen molar-refractivity contribution in [1.82, 2.24) is 14.7 Å². The van der Waals surface area contributed by atoms with Crippen molar-refractivity contribution >= 4 is 28.9 Å². The number of benzene rings is 1. The number of carbonyl (C=O) groups excluding carboxylic acids is 2. The van der Waals surface area contributed by atoms with E-state index < -0.39 is 0 Å². The number of imidazole rings is 1. The number of hydrogen-bond acceptors (Lipinski definition) is 4. The summed E-state index contributed by atoms with van der Waals surface area (Å²) in [4.78, 5) is 27.6. The van der Waals surface area contributed by atoms with Crippen LogP contribution >= 0.6 is 11.6 Å². The van der Waals surface area contributed by atoms with Crippen LogP contribution in [0.3, 0.4) is 0 Å². The van der Waals surface area contributed by atoms with E-state index in [1.54, 1.807) is 36.5 Å². The lowest BCUT2D eigenvalue weighted by atomic mass is 10.1. The van der Waals surface area contributed by atoms with Gasteiger partial charge in [-0.15, -0.1) is 0 Å². The van der Waals surface area contributed by atoms with Crippen LogP contribution in [0.25, 0.3) is 5.65 Å². The third-order valence-electron chi connectivity index (χ3n) is 4.01. The third kappa shape index (κ3) is 5.31. The van der Waals surface area contributed by atoms with E-state index in [0.717, 1.165) is 11.3 Å². The van der Waals surface area contributed by atoms with Crippen molar-refractivity contribution in [2.45, 2.75) is 26.3 Å². The molecule has 0 aliphatic carbocycles. The van der Waals surface area contributed by atoms with Crippen molar-refractivity contribution in [3.8, 4) is 5.75 Å². The Morgan fingerprint density at radius 3 is 2.67 bits per heavy atom. The van der Waals surface area contributed by atoms with Crippen LogP contribution in [0.5, 0.6) is 5.75 Å². The molecule has 7 heteroatoms. The molecule has 3 rings (SSSR count). The van der Waals surface area contributed by atoms with Crippen LogP contribution in [0.1, 0.15) is 35.8 Å². The van der Waals surface area contributed by atoms with Crippen LogP contribution in [0.2, 0.25) is 5.02 Å². The first-order valence-corrected chi connectivity index (χ1v) is 9.03. The number of fused-ring (bicyclic) bond motifs is 1. The minimum atomic E-state index is -0.0550. The molecule has 0 aliphatic heterocycles. The van der Waals surface area contributed by atoms with Gasteiger partial charge in [0.2, 0.25) is 5.91 Å². The van der Waals surface area contributed by atoms with E-state index >= 15 is 0 Å². The second-order valence-electron chi connectivity index (χ2n) is 6.15. The number of ketones is 1. The smallest absolute Gasteiger partial charge is 0.220 e. The van der Waals surface area contributed by atoms with Gasteiger partial charge in [0.25, 0.3) is 0 Å². The fourth-order valence-corrected chi connectivity index (χ4v) is 2.76. The van der Waals surface area contributed by atoms with Gasteiger partial charge in [0.1, 0.15) is 11.4 Å². The molecule has 2 aromatic heterocycles. The van der Waals surface area contributed by atoms with Gasteiger partial charge in [-0.3, -0.25) is 9.59 Å². The molecular weight excluding hydrogens is 366 g/mol. The molecule has 0 unspecified atom stereocenters. The number of aromatic nitrogens is 2. The predicted octanol–water partition coefficient (Wildman–Crippen LogP) is 3.67. The van der Waals surface area contributed by atoms with Gasteiger partial charge in [-0.1, -0.05) is 11.6 Å². The Balaban J connectivity index is 1.38. The summed E-state index contributed by atoms with van der Waals surface area (Å²) in [5, 5.41) is 3.48. The normalized spacial score (nSPS) is 10.7. The van der Waals surface area contributed by atoms with Gasteiger partial charge in [-0.2, -0.15) is 0 Å². The van der Waals surface area contributed by atoms with Gasteiger partial charge in [-0.25, -0.2) is 4.98 Å². The van der Waals surface area contributed by atoms with Crippen LogP contribution < -0.4 is 10.1 Å². The Bertz CT molecular complexity index is 951. The zero-order chi connectivity index (χ0) is 19.2. The quantitative estimate of drug-likeness (QED) is 0.474. The molecule has 1 aromatic carbocycles. The molecule has 0 bridgehead atoms. The van der Waals surface area contributed by atoms with Gasteiger partial charge in [0, 0.05) is 24.4 Å². The molecule has 6 nitrogen and oxygen atoms in total.